The molecule has 2 amide bonds. The lowest BCUT2D eigenvalue weighted by Gasteiger charge is -2.36. The zero-order valence-electron chi connectivity index (χ0n) is 16.3. The van der Waals surface area contributed by atoms with Crippen LogP contribution in [-0.2, 0) is 11.3 Å². The van der Waals surface area contributed by atoms with Crippen molar-refractivity contribution in [1.82, 2.24) is 14.7 Å². The maximum Gasteiger partial charge on any atom is 0.255 e. The first-order valence-corrected chi connectivity index (χ1v) is 11.0. The summed E-state index contributed by atoms with van der Waals surface area (Å²) in [5.41, 5.74) is 1.82. The highest BCUT2D eigenvalue weighted by molar-refractivity contribution is 7.10. The van der Waals surface area contributed by atoms with E-state index in [0.29, 0.717) is 13.0 Å². The number of fused-ring (bicyclic) bond motifs is 1. The van der Waals surface area contributed by atoms with Crippen molar-refractivity contribution in [2.24, 2.45) is 0 Å². The van der Waals surface area contributed by atoms with Crippen molar-refractivity contribution >= 4 is 23.2 Å². The summed E-state index contributed by atoms with van der Waals surface area (Å²) < 4.78 is 0. The molecule has 0 N–H and O–H groups in total. The van der Waals surface area contributed by atoms with Crippen molar-refractivity contribution in [1.29, 1.82) is 0 Å². The molecule has 2 aromatic rings. The van der Waals surface area contributed by atoms with Crippen molar-refractivity contribution in [3.63, 3.8) is 0 Å². The zero-order chi connectivity index (χ0) is 19.5. The number of hydrogen-bond acceptors (Lipinski definition) is 4. The van der Waals surface area contributed by atoms with Crippen LogP contribution in [0.1, 0.15) is 46.6 Å². The topological polar surface area (TPSA) is 43.9 Å². The van der Waals surface area contributed by atoms with Crippen LogP contribution in [0.5, 0.6) is 0 Å². The van der Waals surface area contributed by atoms with Gasteiger partial charge < -0.3 is 9.80 Å². The average molecular weight is 398 g/mol. The monoisotopic (exact) mass is 397 g/mol. The Balaban J connectivity index is 1.48. The normalized spacial score (nSPS) is 18.4. The average Bonchev–Trinajstić information content (AvgIpc) is 3.36. The first kappa shape index (κ1) is 19.2. The molecule has 0 radical (unpaired) electrons. The van der Waals surface area contributed by atoms with Crippen LogP contribution in [0.15, 0.2) is 41.8 Å². The summed E-state index contributed by atoms with van der Waals surface area (Å²) in [6.07, 6.45) is 1.50. The van der Waals surface area contributed by atoms with Gasteiger partial charge in [0.25, 0.3) is 5.91 Å². The van der Waals surface area contributed by atoms with Crippen LogP contribution in [-0.4, -0.2) is 59.2 Å². The van der Waals surface area contributed by atoms with E-state index in [1.54, 1.807) is 11.3 Å². The van der Waals surface area contributed by atoms with Crippen LogP contribution in [0.4, 0.5) is 0 Å². The summed E-state index contributed by atoms with van der Waals surface area (Å²) in [5.74, 6) is 0.188. The number of rotatable bonds is 6. The molecule has 148 valence electrons. The molecule has 4 rings (SSSR count). The molecule has 2 aliphatic heterocycles. The molecular weight excluding hydrogens is 370 g/mol. The highest BCUT2D eigenvalue weighted by atomic mass is 32.1. The largest absolute Gasteiger partial charge is 0.340 e. The van der Waals surface area contributed by atoms with Gasteiger partial charge in [0.2, 0.25) is 5.91 Å². The highest BCUT2D eigenvalue weighted by Gasteiger charge is 2.36. The molecule has 0 bridgehead atoms. The van der Waals surface area contributed by atoms with E-state index in [9.17, 15) is 9.59 Å². The fraction of sp³-hybridized carbons (Fsp3) is 0.455. The van der Waals surface area contributed by atoms with E-state index in [0.717, 1.165) is 55.1 Å². The van der Waals surface area contributed by atoms with Crippen molar-refractivity contribution < 1.29 is 9.59 Å². The Morgan fingerprint density at radius 1 is 1.11 bits per heavy atom. The number of benzene rings is 1. The third kappa shape index (κ3) is 3.84. The third-order valence-electron chi connectivity index (χ3n) is 5.73. The quantitative estimate of drug-likeness (QED) is 0.751. The number of carbonyl (C=O) groups is 2. The van der Waals surface area contributed by atoms with Gasteiger partial charge in [0.05, 0.1) is 12.5 Å². The first-order chi connectivity index (χ1) is 13.7. The van der Waals surface area contributed by atoms with Crippen molar-refractivity contribution in [3.8, 4) is 0 Å². The second-order valence-corrected chi connectivity index (χ2v) is 8.53. The van der Waals surface area contributed by atoms with Crippen LogP contribution in [0.25, 0.3) is 0 Å². The second-order valence-electron chi connectivity index (χ2n) is 7.55. The van der Waals surface area contributed by atoms with Gasteiger partial charge in [-0.2, -0.15) is 0 Å². The molecule has 5 nitrogen and oxygen atoms in total. The Morgan fingerprint density at radius 2 is 1.89 bits per heavy atom. The Bertz CT molecular complexity index is 828. The predicted octanol–water partition coefficient (Wildman–Crippen LogP) is 3.39. The summed E-state index contributed by atoms with van der Waals surface area (Å²) in [6, 6.07) is 11.6. The van der Waals surface area contributed by atoms with E-state index >= 15 is 0 Å². The molecule has 6 heteroatoms. The number of piperazine rings is 1. The van der Waals surface area contributed by atoms with Crippen molar-refractivity contribution in [3.05, 3.63) is 57.8 Å². The molecule has 1 aromatic heterocycles. The lowest BCUT2D eigenvalue weighted by molar-refractivity contribution is -0.134. The van der Waals surface area contributed by atoms with E-state index in [1.807, 2.05) is 51.6 Å². The molecule has 1 saturated heterocycles. The van der Waals surface area contributed by atoms with Gasteiger partial charge in [0.1, 0.15) is 0 Å². The fourth-order valence-electron chi connectivity index (χ4n) is 4.21. The lowest BCUT2D eigenvalue weighted by Crippen LogP contribution is -2.49. The van der Waals surface area contributed by atoms with Crippen LogP contribution in [0.3, 0.4) is 0 Å². The minimum atomic E-state index is -0.193. The Morgan fingerprint density at radius 3 is 2.57 bits per heavy atom. The fourth-order valence-corrected chi connectivity index (χ4v) is 5.04. The Hall–Kier alpha value is -2.18. The van der Waals surface area contributed by atoms with E-state index in [1.165, 1.54) is 0 Å². The highest BCUT2D eigenvalue weighted by Crippen LogP contribution is 2.35. The van der Waals surface area contributed by atoms with Crippen LogP contribution < -0.4 is 0 Å². The number of nitrogens with zero attached hydrogens (tertiary/aromatic N) is 3. The standard InChI is InChI=1S/C22H27N3O2S/c1-2-9-23-10-12-24(13-11-23)21(26)15-19(20-8-5-14-28-20)25-16-17-6-3-4-7-18(17)22(25)27/h3-8,14,19H,2,9-13,15-16H2,1H3/t19-/m0/s1. The van der Waals surface area contributed by atoms with Gasteiger partial charge in [0.15, 0.2) is 0 Å². The van der Waals surface area contributed by atoms with E-state index in [-0.39, 0.29) is 17.9 Å². The maximum absolute atomic E-state index is 13.1. The predicted molar refractivity (Wildman–Crippen MR) is 111 cm³/mol. The number of amides is 2. The van der Waals surface area contributed by atoms with E-state index < -0.39 is 0 Å². The maximum atomic E-state index is 13.1. The van der Waals surface area contributed by atoms with Gasteiger partial charge in [-0.1, -0.05) is 31.2 Å². The molecular formula is C22H27N3O2S. The molecule has 1 aromatic carbocycles. The van der Waals surface area contributed by atoms with Gasteiger partial charge in [-0.3, -0.25) is 14.5 Å². The Labute approximate surface area is 170 Å². The summed E-state index contributed by atoms with van der Waals surface area (Å²) in [4.78, 5) is 33.4. The molecule has 0 unspecified atom stereocenters. The molecule has 0 aliphatic carbocycles. The molecule has 1 fully saturated rings. The molecule has 2 aliphatic rings. The van der Waals surface area contributed by atoms with E-state index in [4.69, 9.17) is 0 Å². The van der Waals surface area contributed by atoms with Crippen molar-refractivity contribution in [2.45, 2.75) is 32.4 Å². The van der Waals surface area contributed by atoms with Gasteiger partial charge in [-0.15, -0.1) is 11.3 Å². The van der Waals surface area contributed by atoms with Gasteiger partial charge in [-0.25, -0.2) is 0 Å². The SMILES string of the molecule is CCCN1CCN(C(=O)C[C@@H](c2cccs2)N2Cc3ccccc3C2=O)CC1. The van der Waals surface area contributed by atoms with Crippen molar-refractivity contribution in [2.75, 3.05) is 32.7 Å². The number of hydrogen-bond donors (Lipinski definition) is 0. The minimum absolute atomic E-state index is 0.0366. The molecule has 0 saturated carbocycles. The smallest absolute Gasteiger partial charge is 0.255 e. The van der Waals surface area contributed by atoms with Gasteiger partial charge in [0, 0.05) is 43.2 Å². The minimum Gasteiger partial charge on any atom is -0.340 e. The Kier molecular flexibility index (Phi) is 5.78. The zero-order valence-corrected chi connectivity index (χ0v) is 17.2. The molecule has 1 atom stereocenters. The number of thiophene rings is 1. The summed E-state index contributed by atoms with van der Waals surface area (Å²) >= 11 is 1.62. The number of carbonyl (C=O) groups excluding carboxylic acids is 2. The van der Waals surface area contributed by atoms with Crippen LogP contribution in [0.2, 0.25) is 0 Å². The molecule has 28 heavy (non-hydrogen) atoms. The second kappa shape index (κ2) is 8.45. The van der Waals surface area contributed by atoms with Gasteiger partial charge >= 0.3 is 0 Å². The van der Waals surface area contributed by atoms with Gasteiger partial charge in [-0.05, 0) is 36.0 Å². The molecule has 0 spiro atoms. The third-order valence-corrected chi connectivity index (χ3v) is 6.70. The van der Waals surface area contributed by atoms with Crippen LogP contribution in [0, 0.1) is 0 Å². The molecule has 3 heterocycles. The van der Waals surface area contributed by atoms with Crippen LogP contribution >= 0.6 is 11.3 Å². The summed E-state index contributed by atoms with van der Waals surface area (Å²) in [7, 11) is 0. The first-order valence-electron chi connectivity index (χ1n) is 10.1. The lowest BCUT2D eigenvalue weighted by atomic mass is 10.1. The summed E-state index contributed by atoms with van der Waals surface area (Å²) in [5, 5.41) is 2.02. The summed E-state index contributed by atoms with van der Waals surface area (Å²) in [6.45, 7) is 7.31. The van der Waals surface area contributed by atoms with E-state index in [2.05, 4.69) is 11.8 Å².